The van der Waals surface area contributed by atoms with Crippen LogP contribution >= 0.6 is 11.3 Å². The normalized spacial score (nSPS) is 10.6. The number of aryl methyl sites for hydroxylation is 1. The monoisotopic (exact) mass is 370 g/mol. The van der Waals surface area contributed by atoms with E-state index in [1.54, 1.807) is 17.5 Å². The number of benzene rings is 2. The fourth-order valence-electron chi connectivity index (χ4n) is 2.31. The van der Waals surface area contributed by atoms with E-state index in [1.807, 2.05) is 38.1 Å². The summed E-state index contributed by atoms with van der Waals surface area (Å²) in [6.45, 7) is 4.51. The lowest BCUT2D eigenvalue weighted by atomic mass is 10.2. The van der Waals surface area contributed by atoms with Gasteiger partial charge in [-0.15, -0.1) is 11.3 Å². The average molecular weight is 370 g/mol. The first-order valence-electron chi connectivity index (χ1n) is 8.33. The van der Waals surface area contributed by atoms with Gasteiger partial charge in [0.1, 0.15) is 22.3 Å². The Labute approximate surface area is 155 Å². The minimum absolute atomic E-state index is 0.260. The van der Waals surface area contributed by atoms with Crippen molar-refractivity contribution in [3.8, 4) is 16.3 Å². The van der Waals surface area contributed by atoms with Gasteiger partial charge in [0, 0.05) is 22.7 Å². The summed E-state index contributed by atoms with van der Waals surface area (Å²) in [7, 11) is 0. The highest BCUT2D eigenvalue weighted by molar-refractivity contribution is 7.13. The molecule has 0 aliphatic heterocycles. The molecule has 3 rings (SSSR count). The number of anilines is 1. The molecule has 0 aliphatic rings. The Morgan fingerprint density at radius 3 is 2.69 bits per heavy atom. The minimum atomic E-state index is -0.418. The van der Waals surface area contributed by atoms with Crippen LogP contribution < -0.4 is 10.1 Å². The van der Waals surface area contributed by atoms with Gasteiger partial charge < -0.3 is 10.1 Å². The molecule has 134 valence electrons. The lowest BCUT2D eigenvalue weighted by molar-refractivity contribution is 0.102. The van der Waals surface area contributed by atoms with Crippen molar-refractivity contribution >= 4 is 22.9 Å². The molecule has 1 amide bonds. The molecule has 0 radical (unpaired) electrons. The van der Waals surface area contributed by atoms with Crippen LogP contribution in [0.4, 0.5) is 10.1 Å². The molecule has 0 saturated carbocycles. The summed E-state index contributed by atoms with van der Waals surface area (Å²) in [4.78, 5) is 16.6. The lowest BCUT2D eigenvalue weighted by Gasteiger charge is -2.06. The molecule has 6 heteroatoms. The lowest BCUT2D eigenvalue weighted by Crippen LogP contribution is -2.12. The predicted molar refractivity (Wildman–Crippen MR) is 102 cm³/mol. The first kappa shape index (κ1) is 18.1. The fraction of sp³-hybridized carbons (Fsp3) is 0.200. The van der Waals surface area contributed by atoms with E-state index in [4.69, 9.17) is 4.74 Å². The van der Waals surface area contributed by atoms with Crippen LogP contribution in [0.25, 0.3) is 10.6 Å². The summed E-state index contributed by atoms with van der Waals surface area (Å²) in [5.41, 5.74) is 2.42. The smallest absolute Gasteiger partial charge is 0.275 e. The van der Waals surface area contributed by atoms with Gasteiger partial charge in [-0.05, 0) is 37.6 Å². The van der Waals surface area contributed by atoms with E-state index in [9.17, 15) is 9.18 Å². The van der Waals surface area contributed by atoms with Crippen LogP contribution in [0, 0.1) is 12.7 Å². The van der Waals surface area contributed by atoms with Crippen LogP contribution in [0.3, 0.4) is 0 Å². The number of nitrogens with one attached hydrogen (secondary N) is 1. The molecule has 0 atom stereocenters. The summed E-state index contributed by atoms with van der Waals surface area (Å²) >= 11 is 1.23. The Balaban J connectivity index is 1.74. The second-order valence-electron chi connectivity index (χ2n) is 5.85. The van der Waals surface area contributed by atoms with Gasteiger partial charge >= 0.3 is 0 Å². The molecule has 3 aromatic rings. The van der Waals surface area contributed by atoms with Crippen molar-refractivity contribution in [1.82, 2.24) is 4.98 Å². The quantitative estimate of drug-likeness (QED) is 0.641. The molecule has 26 heavy (non-hydrogen) atoms. The summed E-state index contributed by atoms with van der Waals surface area (Å²) < 4.78 is 19.8. The zero-order valence-corrected chi connectivity index (χ0v) is 15.4. The van der Waals surface area contributed by atoms with E-state index >= 15 is 0 Å². The number of aromatic nitrogens is 1. The van der Waals surface area contributed by atoms with Crippen molar-refractivity contribution in [3.63, 3.8) is 0 Å². The Morgan fingerprint density at radius 2 is 2.00 bits per heavy atom. The van der Waals surface area contributed by atoms with Gasteiger partial charge in [0.25, 0.3) is 5.91 Å². The van der Waals surface area contributed by atoms with Gasteiger partial charge in [0.15, 0.2) is 0 Å². The number of carbonyl (C=O) groups excluding carboxylic acids is 1. The number of rotatable bonds is 6. The summed E-state index contributed by atoms with van der Waals surface area (Å²) in [5.74, 6) is -0.250. The van der Waals surface area contributed by atoms with Crippen LogP contribution in [-0.4, -0.2) is 17.5 Å². The van der Waals surface area contributed by atoms with Gasteiger partial charge in [-0.2, -0.15) is 0 Å². The molecule has 0 saturated heterocycles. The Morgan fingerprint density at radius 1 is 1.23 bits per heavy atom. The topological polar surface area (TPSA) is 51.2 Å². The Bertz CT molecular complexity index is 906. The first-order valence-corrected chi connectivity index (χ1v) is 9.21. The standard InChI is InChI=1S/C20H19FN2O2S/c1-3-10-25-15-8-9-16(17(21)11-15)20-23-18(12-26-20)19(24)22-14-6-4-13(2)5-7-14/h4-9,11-12H,3,10H2,1-2H3,(H,22,24). The molecule has 0 spiro atoms. The summed E-state index contributed by atoms with van der Waals surface area (Å²) in [6, 6.07) is 12.2. The number of amides is 1. The fourth-order valence-corrected chi connectivity index (χ4v) is 3.14. The van der Waals surface area contributed by atoms with Crippen molar-refractivity contribution in [2.24, 2.45) is 0 Å². The van der Waals surface area contributed by atoms with E-state index < -0.39 is 5.82 Å². The third-order valence-electron chi connectivity index (χ3n) is 3.69. The van der Waals surface area contributed by atoms with Gasteiger partial charge in [0.2, 0.25) is 0 Å². The molecular weight excluding hydrogens is 351 g/mol. The van der Waals surface area contributed by atoms with Crippen LogP contribution in [0.5, 0.6) is 5.75 Å². The molecule has 0 bridgehead atoms. The van der Waals surface area contributed by atoms with E-state index in [2.05, 4.69) is 10.3 Å². The first-order chi connectivity index (χ1) is 12.6. The maximum Gasteiger partial charge on any atom is 0.275 e. The van der Waals surface area contributed by atoms with Crippen molar-refractivity contribution in [1.29, 1.82) is 0 Å². The number of hydrogen-bond donors (Lipinski definition) is 1. The zero-order valence-electron chi connectivity index (χ0n) is 14.6. The molecule has 2 aromatic carbocycles. The number of thiazole rings is 1. The molecule has 0 unspecified atom stereocenters. The third-order valence-corrected chi connectivity index (χ3v) is 4.57. The van der Waals surface area contributed by atoms with Crippen LogP contribution in [0.15, 0.2) is 47.8 Å². The largest absolute Gasteiger partial charge is 0.494 e. The molecule has 1 heterocycles. The highest BCUT2D eigenvalue weighted by Gasteiger charge is 2.15. The van der Waals surface area contributed by atoms with Gasteiger partial charge in [-0.25, -0.2) is 9.37 Å². The van der Waals surface area contributed by atoms with Crippen LogP contribution in [0.1, 0.15) is 29.4 Å². The van der Waals surface area contributed by atoms with Crippen LogP contribution in [0.2, 0.25) is 0 Å². The van der Waals surface area contributed by atoms with Crippen molar-refractivity contribution < 1.29 is 13.9 Å². The van der Waals surface area contributed by atoms with E-state index in [0.29, 0.717) is 28.6 Å². The molecule has 1 aromatic heterocycles. The Kier molecular flexibility index (Phi) is 5.63. The van der Waals surface area contributed by atoms with Gasteiger partial charge in [0.05, 0.1) is 6.61 Å². The predicted octanol–water partition coefficient (Wildman–Crippen LogP) is 5.30. The third kappa shape index (κ3) is 4.26. The molecular formula is C20H19FN2O2S. The second-order valence-corrected chi connectivity index (χ2v) is 6.71. The maximum absolute atomic E-state index is 14.3. The van der Waals surface area contributed by atoms with E-state index in [-0.39, 0.29) is 11.6 Å². The molecule has 0 fully saturated rings. The number of ether oxygens (including phenoxy) is 1. The molecule has 4 nitrogen and oxygen atoms in total. The molecule has 1 N–H and O–H groups in total. The number of hydrogen-bond acceptors (Lipinski definition) is 4. The minimum Gasteiger partial charge on any atom is -0.494 e. The SMILES string of the molecule is CCCOc1ccc(-c2nc(C(=O)Nc3ccc(C)cc3)cs2)c(F)c1. The highest BCUT2D eigenvalue weighted by Crippen LogP contribution is 2.29. The van der Waals surface area contributed by atoms with Gasteiger partial charge in [-0.3, -0.25) is 4.79 Å². The van der Waals surface area contributed by atoms with Gasteiger partial charge in [-0.1, -0.05) is 24.6 Å². The van der Waals surface area contributed by atoms with Crippen molar-refractivity contribution in [3.05, 3.63) is 64.9 Å². The van der Waals surface area contributed by atoms with E-state index in [0.717, 1.165) is 12.0 Å². The molecule has 0 aliphatic carbocycles. The number of nitrogens with zero attached hydrogens (tertiary/aromatic N) is 1. The number of halogens is 1. The van der Waals surface area contributed by atoms with Crippen molar-refractivity contribution in [2.45, 2.75) is 20.3 Å². The average Bonchev–Trinajstić information content (AvgIpc) is 3.12. The Hall–Kier alpha value is -2.73. The maximum atomic E-state index is 14.3. The summed E-state index contributed by atoms with van der Waals surface area (Å²) in [6.07, 6.45) is 0.856. The zero-order chi connectivity index (χ0) is 18.5. The highest BCUT2D eigenvalue weighted by atomic mass is 32.1. The van der Waals surface area contributed by atoms with Crippen LogP contribution in [-0.2, 0) is 0 Å². The summed E-state index contributed by atoms with van der Waals surface area (Å²) in [5, 5.41) is 4.87. The van der Waals surface area contributed by atoms with Crippen molar-refractivity contribution in [2.75, 3.05) is 11.9 Å². The second kappa shape index (κ2) is 8.10. The number of carbonyl (C=O) groups is 1. The van der Waals surface area contributed by atoms with E-state index in [1.165, 1.54) is 17.4 Å².